The molecule has 2 aromatic carbocycles. The fourth-order valence-corrected chi connectivity index (χ4v) is 3.36. The van der Waals surface area contributed by atoms with Gasteiger partial charge < -0.3 is 10.4 Å². The number of rotatable bonds is 3. The van der Waals surface area contributed by atoms with Crippen molar-refractivity contribution in [3.05, 3.63) is 63.9 Å². The Hall–Kier alpha value is -1.39. The highest BCUT2D eigenvalue weighted by Gasteiger charge is 2.33. The second-order valence-corrected chi connectivity index (χ2v) is 6.58. The molecule has 0 saturated heterocycles. The lowest BCUT2D eigenvalue weighted by atomic mass is 9.78. The maximum absolute atomic E-state index is 13.0. The Labute approximate surface area is 132 Å². The molecule has 0 aromatic heterocycles. The summed E-state index contributed by atoms with van der Waals surface area (Å²) >= 11 is 3.50. The molecule has 1 atom stereocenters. The van der Waals surface area contributed by atoms with E-state index in [4.69, 9.17) is 0 Å². The van der Waals surface area contributed by atoms with Crippen LogP contribution in [0.5, 0.6) is 0 Å². The highest BCUT2D eigenvalue weighted by molar-refractivity contribution is 9.10. The monoisotopic (exact) mass is 349 g/mol. The van der Waals surface area contributed by atoms with Crippen molar-refractivity contribution < 1.29 is 9.50 Å². The van der Waals surface area contributed by atoms with Crippen LogP contribution in [0.2, 0.25) is 0 Å². The quantitative estimate of drug-likeness (QED) is 0.880. The number of aliphatic hydroxyl groups is 1. The number of benzene rings is 2. The van der Waals surface area contributed by atoms with Crippen LogP contribution in [0.15, 0.2) is 46.9 Å². The van der Waals surface area contributed by atoms with E-state index in [2.05, 4.69) is 33.4 Å². The van der Waals surface area contributed by atoms with E-state index in [-0.39, 0.29) is 18.0 Å². The number of aryl methyl sites for hydroxylation is 1. The lowest BCUT2D eigenvalue weighted by Crippen LogP contribution is -2.47. The molecule has 21 heavy (non-hydrogen) atoms. The first-order chi connectivity index (χ1) is 10.1. The van der Waals surface area contributed by atoms with E-state index in [9.17, 15) is 9.50 Å². The van der Waals surface area contributed by atoms with Gasteiger partial charge in [-0.05, 0) is 66.8 Å². The SMILES string of the molecule is OCC1(Nc2ccc(F)cc2)CCc2cc(Br)ccc2C1. The highest BCUT2D eigenvalue weighted by Crippen LogP contribution is 2.33. The largest absolute Gasteiger partial charge is 0.394 e. The molecule has 0 aliphatic heterocycles. The summed E-state index contributed by atoms with van der Waals surface area (Å²) < 4.78 is 14.1. The zero-order valence-electron chi connectivity index (χ0n) is 11.6. The Morgan fingerprint density at radius 1 is 1.14 bits per heavy atom. The number of fused-ring (bicyclic) bond motifs is 1. The Bertz CT molecular complexity index is 644. The van der Waals surface area contributed by atoms with Gasteiger partial charge in [0, 0.05) is 10.2 Å². The number of halogens is 2. The van der Waals surface area contributed by atoms with Gasteiger partial charge in [-0.15, -0.1) is 0 Å². The fourth-order valence-electron chi connectivity index (χ4n) is 2.95. The zero-order valence-corrected chi connectivity index (χ0v) is 13.2. The minimum atomic E-state index is -0.376. The van der Waals surface area contributed by atoms with Crippen molar-refractivity contribution in [1.29, 1.82) is 0 Å². The highest BCUT2D eigenvalue weighted by atomic mass is 79.9. The molecule has 3 rings (SSSR count). The average Bonchev–Trinajstić information content (AvgIpc) is 2.50. The van der Waals surface area contributed by atoms with Gasteiger partial charge in [0.05, 0.1) is 12.1 Å². The summed E-state index contributed by atoms with van der Waals surface area (Å²) in [4.78, 5) is 0. The topological polar surface area (TPSA) is 32.3 Å². The summed E-state index contributed by atoms with van der Waals surface area (Å²) in [5, 5.41) is 13.3. The van der Waals surface area contributed by atoms with Crippen LogP contribution in [0.4, 0.5) is 10.1 Å². The van der Waals surface area contributed by atoms with E-state index >= 15 is 0 Å². The summed E-state index contributed by atoms with van der Waals surface area (Å²) in [6.45, 7) is 0.0554. The first-order valence-electron chi connectivity index (χ1n) is 7.02. The second-order valence-electron chi connectivity index (χ2n) is 5.66. The maximum atomic E-state index is 13.0. The molecule has 0 spiro atoms. The molecule has 1 aliphatic rings. The normalized spacial score (nSPS) is 20.9. The molecular weight excluding hydrogens is 333 g/mol. The van der Waals surface area contributed by atoms with Gasteiger partial charge in [0.2, 0.25) is 0 Å². The standard InChI is InChI=1S/C17H17BrFNO/c18-14-2-1-13-10-17(11-21,8-7-12(13)9-14)20-16-5-3-15(19)4-6-16/h1-6,9,20-21H,7-8,10-11H2. The number of hydrogen-bond acceptors (Lipinski definition) is 2. The van der Waals surface area contributed by atoms with Crippen molar-refractivity contribution in [2.24, 2.45) is 0 Å². The molecule has 0 bridgehead atoms. The van der Waals surface area contributed by atoms with E-state index < -0.39 is 0 Å². The minimum absolute atomic E-state index is 0.0554. The van der Waals surface area contributed by atoms with Gasteiger partial charge in [0.15, 0.2) is 0 Å². The van der Waals surface area contributed by atoms with E-state index in [0.29, 0.717) is 0 Å². The molecule has 2 nitrogen and oxygen atoms in total. The van der Waals surface area contributed by atoms with E-state index in [1.165, 1.54) is 23.3 Å². The van der Waals surface area contributed by atoms with Crippen LogP contribution in [0.3, 0.4) is 0 Å². The van der Waals surface area contributed by atoms with E-state index in [0.717, 1.165) is 29.4 Å². The van der Waals surface area contributed by atoms with Crippen LogP contribution in [0, 0.1) is 5.82 Å². The number of aliphatic hydroxyl groups excluding tert-OH is 1. The third-order valence-electron chi connectivity index (χ3n) is 4.13. The van der Waals surface area contributed by atoms with Crippen molar-refractivity contribution in [1.82, 2.24) is 0 Å². The summed E-state index contributed by atoms with van der Waals surface area (Å²) in [5.74, 6) is -0.252. The average molecular weight is 350 g/mol. The van der Waals surface area contributed by atoms with Gasteiger partial charge in [0.1, 0.15) is 5.82 Å². The third kappa shape index (κ3) is 3.11. The molecule has 1 aliphatic carbocycles. The second kappa shape index (κ2) is 5.78. The van der Waals surface area contributed by atoms with Gasteiger partial charge >= 0.3 is 0 Å². The predicted octanol–water partition coefficient (Wildman–Crippen LogP) is 3.92. The van der Waals surface area contributed by atoms with Gasteiger partial charge in [0.25, 0.3) is 0 Å². The van der Waals surface area contributed by atoms with Crippen LogP contribution in [0.25, 0.3) is 0 Å². The number of nitrogens with one attached hydrogen (secondary N) is 1. The molecule has 0 radical (unpaired) electrons. The van der Waals surface area contributed by atoms with Gasteiger partial charge in [-0.1, -0.05) is 22.0 Å². The summed E-state index contributed by atoms with van der Waals surface area (Å²) in [7, 11) is 0. The zero-order chi connectivity index (χ0) is 14.9. The van der Waals surface area contributed by atoms with Crippen LogP contribution < -0.4 is 5.32 Å². The Balaban J connectivity index is 1.85. The molecule has 0 saturated carbocycles. The third-order valence-corrected chi connectivity index (χ3v) is 4.62. The number of anilines is 1. The fraction of sp³-hybridized carbons (Fsp3) is 0.294. The van der Waals surface area contributed by atoms with E-state index in [1.54, 1.807) is 12.1 Å². The first-order valence-corrected chi connectivity index (χ1v) is 7.81. The molecule has 4 heteroatoms. The van der Waals surface area contributed by atoms with E-state index in [1.807, 2.05) is 6.07 Å². The molecule has 2 aromatic rings. The molecule has 1 unspecified atom stereocenters. The molecule has 2 N–H and O–H groups in total. The predicted molar refractivity (Wildman–Crippen MR) is 86.0 cm³/mol. The maximum Gasteiger partial charge on any atom is 0.123 e. The number of hydrogen-bond donors (Lipinski definition) is 2. The van der Waals surface area contributed by atoms with Gasteiger partial charge in [-0.2, -0.15) is 0 Å². The minimum Gasteiger partial charge on any atom is -0.394 e. The molecule has 0 heterocycles. The van der Waals surface area contributed by atoms with Crippen molar-refractivity contribution >= 4 is 21.6 Å². The smallest absolute Gasteiger partial charge is 0.123 e. The van der Waals surface area contributed by atoms with Crippen molar-refractivity contribution in [2.45, 2.75) is 24.8 Å². The van der Waals surface area contributed by atoms with Crippen LogP contribution in [-0.2, 0) is 12.8 Å². The Morgan fingerprint density at radius 3 is 2.62 bits per heavy atom. The molecular formula is C17H17BrFNO. The van der Waals surface area contributed by atoms with Crippen LogP contribution >= 0.6 is 15.9 Å². The Morgan fingerprint density at radius 2 is 1.90 bits per heavy atom. The van der Waals surface area contributed by atoms with Crippen LogP contribution in [0.1, 0.15) is 17.5 Å². The summed E-state index contributed by atoms with van der Waals surface area (Å²) in [6, 6.07) is 12.6. The van der Waals surface area contributed by atoms with Gasteiger partial charge in [-0.3, -0.25) is 0 Å². The molecule has 110 valence electrons. The molecule has 0 fully saturated rings. The lowest BCUT2D eigenvalue weighted by Gasteiger charge is -2.38. The Kier molecular flexibility index (Phi) is 4.00. The van der Waals surface area contributed by atoms with Crippen molar-refractivity contribution in [3.8, 4) is 0 Å². The van der Waals surface area contributed by atoms with Gasteiger partial charge in [-0.25, -0.2) is 4.39 Å². The lowest BCUT2D eigenvalue weighted by molar-refractivity contribution is 0.196. The molecule has 0 amide bonds. The first kappa shape index (κ1) is 14.5. The van der Waals surface area contributed by atoms with Crippen LogP contribution in [-0.4, -0.2) is 17.3 Å². The van der Waals surface area contributed by atoms with Crippen molar-refractivity contribution in [2.75, 3.05) is 11.9 Å². The summed E-state index contributed by atoms with van der Waals surface area (Å²) in [5.41, 5.74) is 3.05. The summed E-state index contributed by atoms with van der Waals surface area (Å²) in [6.07, 6.45) is 2.54. The van der Waals surface area contributed by atoms with Crippen molar-refractivity contribution in [3.63, 3.8) is 0 Å².